The second-order valence-electron chi connectivity index (χ2n) is 1.97. The van der Waals surface area contributed by atoms with Crippen molar-refractivity contribution in [2.75, 3.05) is 5.73 Å². The second kappa shape index (κ2) is 2.79. The molecule has 0 atom stereocenters. The van der Waals surface area contributed by atoms with Crippen LogP contribution in [0.25, 0.3) is 0 Å². The summed E-state index contributed by atoms with van der Waals surface area (Å²) >= 11 is 3.93. The lowest BCUT2D eigenvalue weighted by atomic mass is 10.3. The molecule has 0 fully saturated rings. The molecule has 0 aliphatic heterocycles. The first-order valence-corrected chi connectivity index (χ1v) is 3.29. The van der Waals surface area contributed by atoms with Crippen molar-refractivity contribution in [3.8, 4) is 0 Å². The minimum Gasteiger partial charge on any atom is -0.392 e. The quantitative estimate of drug-likeness (QED) is 0.290. The molecule has 4 nitrogen and oxygen atoms in total. The van der Waals surface area contributed by atoms with Crippen molar-refractivity contribution >= 4 is 24.0 Å². The van der Waals surface area contributed by atoms with Gasteiger partial charge >= 0.3 is 0 Å². The van der Waals surface area contributed by atoms with Gasteiger partial charge in [-0.2, -0.15) is 0 Å². The van der Waals surface area contributed by atoms with Crippen LogP contribution < -0.4 is 5.73 Å². The van der Waals surface area contributed by atoms with Gasteiger partial charge in [-0.1, -0.05) is 6.07 Å². The van der Waals surface area contributed by atoms with E-state index in [-0.39, 0.29) is 11.4 Å². The smallest absolute Gasteiger partial charge is 0.293 e. The Labute approximate surface area is 68.6 Å². The Balaban J connectivity index is 3.27. The number of rotatable bonds is 1. The van der Waals surface area contributed by atoms with Gasteiger partial charge in [0.2, 0.25) is 0 Å². The molecule has 0 spiro atoms. The molecule has 11 heavy (non-hydrogen) atoms. The standard InChI is InChI=1S/C6H6N2O2S/c7-6-4(8(9)10)2-1-3-5(6)11/h1-3,11H,7H2. The molecular weight excluding hydrogens is 164 g/mol. The molecule has 0 amide bonds. The van der Waals surface area contributed by atoms with Crippen molar-refractivity contribution in [2.24, 2.45) is 0 Å². The molecule has 0 aromatic heterocycles. The summed E-state index contributed by atoms with van der Waals surface area (Å²) in [6.07, 6.45) is 0. The lowest BCUT2D eigenvalue weighted by Gasteiger charge is -1.97. The molecule has 2 N–H and O–H groups in total. The fourth-order valence-electron chi connectivity index (χ4n) is 0.700. The maximum atomic E-state index is 10.3. The van der Waals surface area contributed by atoms with E-state index in [9.17, 15) is 10.1 Å². The lowest BCUT2D eigenvalue weighted by molar-refractivity contribution is -0.384. The van der Waals surface area contributed by atoms with Crippen molar-refractivity contribution in [2.45, 2.75) is 4.90 Å². The third-order valence-corrected chi connectivity index (χ3v) is 1.65. The Bertz CT molecular complexity index is 301. The molecule has 0 saturated heterocycles. The van der Waals surface area contributed by atoms with Gasteiger partial charge in [0.1, 0.15) is 5.69 Å². The minimum absolute atomic E-state index is 0.0995. The summed E-state index contributed by atoms with van der Waals surface area (Å²) in [5.41, 5.74) is 5.38. The second-order valence-corrected chi connectivity index (χ2v) is 2.45. The van der Waals surface area contributed by atoms with E-state index in [4.69, 9.17) is 5.73 Å². The highest BCUT2D eigenvalue weighted by Gasteiger charge is 2.11. The topological polar surface area (TPSA) is 69.2 Å². The number of hydrogen-bond acceptors (Lipinski definition) is 4. The number of nitro groups is 1. The van der Waals surface area contributed by atoms with Gasteiger partial charge < -0.3 is 5.73 Å². The lowest BCUT2D eigenvalue weighted by Crippen LogP contribution is -1.95. The molecule has 58 valence electrons. The number of anilines is 1. The van der Waals surface area contributed by atoms with Crippen molar-refractivity contribution in [1.82, 2.24) is 0 Å². The number of para-hydroxylation sites is 1. The van der Waals surface area contributed by atoms with Crippen LogP contribution >= 0.6 is 12.6 Å². The molecule has 1 aromatic carbocycles. The SMILES string of the molecule is Nc1c(S)cccc1[N+](=O)[O-]. The zero-order valence-electron chi connectivity index (χ0n) is 5.52. The third kappa shape index (κ3) is 1.43. The Kier molecular flexibility index (Phi) is 2.00. The number of benzene rings is 1. The van der Waals surface area contributed by atoms with Gasteiger partial charge in [-0.05, 0) is 6.07 Å². The van der Waals surface area contributed by atoms with E-state index in [1.807, 2.05) is 0 Å². The average Bonchev–Trinajstić information content (AvgIpc) is 1.94. The molecule has 0 saturated carbocycles. The van der Waals surface area contributed by atoms with E-state index >= 15 is 0 Å². The van der Waals surface area contributed by atoms with E-state index in [2.05, 4.69) is 12.6 Å². The first kappa shape index (κ1) is 7.87. The van der Waals surface area contributed by atoms with Gasteiger partial charge in [-0.25, -0.2) is 0 Å². The normalized spacial score (nSPS) is 9.55. The highest BCUT2D eigenvalue weighted by Crippen LogP contribution is 2.26. The minimum atomic E-state index is -0.533. The third-order valence-electron chi connectivity index (χ3n) is 1.26. The van der Waals surface area contributed by atoms with Crippen molar-refractivity contribution in [3.05, 3.63) is 28.3 Å². The summed E-state index contributed by atoms with van der Waals surface area (Å²) < 4.78 is 0. The predicted molar refractivity (Wildman–Crippen MR) is 44.8 cm³/mol. The van der Waals surface area contributed by atoms with Crippen molar-refractivity contribution in [1.29, 1.82) is 0 Å². The molecular formula is C6H6N2O2S. The van der Waals surface area contributed by atoms with Crippen LogP contribution in [-0.4, -0.2) is 4.92 Å². The van der Waals surface area contributed by atoms with E-state index in [0.717, 1.165) is 0 Å². The van der Waals surface area contributed by atoms with Crippen molar-refractivity contribution < 1.29 is 4.92 Å². The zero-order valence-corrected chi connectivity index (χ0v) is 6.41. The van der Waals surface area contributed by atoms with Crippen LogP contribution in [-0.2, 0) is 0 Å². The highest BCUT2D eigenvalue weighted by atomic mass is 32.1. The Morgan fingerprint density at radius 1 is 1.55 bits per heavy atom. The fourth-order valence-corrected chi connectivity index (χ4v) is 0.901. The highest BCUT2D eigenvalue weighted by molar-refractivity contribution is 7.80. The number of hydrogen-bond donors (Lipinski definition) is 2. The molecule has 5 heteroatoms. The summed E-state index contributed by atoms with van der Waals surface area (Å²) in [7, 11) is 0. The Morgan fingerprint density at radius 2 is 2.18 bits per heavy atom. The first-order valence-electron chi connectivity index (χ1n) is 2.85. The van der Waals surface area contributed by atoms with Gasteiger partial charge in [0.05, 0.1) is 4.92 Å². The van der Waals surface area contributed by atoms with Crippen molar-refractivity contribution in [3.63, 3.8) is 0 Å². The predicted octanol–water partition coefficient (Wildman–Crippen LogP) is 1.47. The molecule has 0 unspecified atom stereocenters. The maximum Gasteiger partial charge on any atom is 0.293 e. The molecule has 0 bridgehead atoms. The molecule has 0 heterocycles. The Morgan fingerprint density at radius 3 is 2.64 bits per heavy atom. The van der Waals surface area contributed by atoms with Gasteiger partial charge in [0.15, 0.2) is 0 Å². The number of thiol groups is 1. The number of nitrogen functional groups attached to an aromatic ring is 1. The van der Waals surface area contributed by atoms with Crippen LogP contribution in [0.5, 0.6) is 0 Å². The van der Waals surface area contributed by atoms with Crippen LogP contribution in [0, 0.1) is 10.1 Å². The van der Waals surface area contributed by atoms with Crippen LogP contribution in [0.15, 0.2) is 23.1 Å². The maximum absolute atomic E-state index is 10.3. The number of nitro benzene ring substituents is 1. The summed E-state index contributed by atoms with van der Waals surface area (Å²) in [5.74, 6) is 0. The molecule has 1 aromatic rings. The van der Waals surface area contributed by atoms with E-state index in [0.29, 0.717) is 4.90 Å². The van der Waals surface area contributed by atoms with E-state index in [1.54, 1.807) is 6.07 Å². The average molecular weight is 170 g/mol. The number of nitrogens with two attached hydrogens (primary N) is 1. The molecule has 0 aliphatic carbocycles. The van der Waals surface area contributed by atoms with Crippen LogP contribution in [0.2, 0.25) is 0 Å². The van der Waals surface area contributed by atoms with Gasteiger partial charge in [-0.15, -0.1) is 12.6 Å². The van der Waals surface area contributed by atoms with Gasteiger partial charge in [0, 0.05) is 11.0 Å². The number of nitrogens with zero attached hydrogens (tertiary/aromatic N) is 1. The Hall–Kier alpha value is -1.23. The van der Waals surface area contributed by atoms with E-state index in [1.165, 1.54) is 12.1 Å². The molecule has 1 rings (SSSR count). The van der Waals surface area contributed by atoms with Crippen LogP contribution in [0.4, 0.5) is 11.4 Å². The fraction of sp³-hybridized carbons (Fsp3) is 0. The largest absolute Gasteiger partial charge is 0.392 e. The first-order chi connectivity index (χ1) is 5.13. The van der Waals surface area contributed by atoms with Gasteiger partial charge in [0.25, 0.3) is 5.69 Å². The van der Waals surface area contributed by atoms with Gasteiger partial charge in [-0.3, -0.25) is 10.1 Å². The van der Waals surface area contributed by atoms with Crippen LogP contribution in [0.3, 0.4) is 0 Å². The van der Waals surface area contributed by atoms with Crippen LogP contribution in [0.1, 0.15) is 0 Å². The zero-order chi connectivity index (χ0) is 8.43. The summed E-state index contributed by atoms with van der Waals surface area (Å²) in [6.45, 7) is 0. The molecule has 0 aliphatic rings. The summed E-state index contributed by atoms with van der Waals surface area (Å²) in [6, 6.07) is 4.48. The monoisotopic (exact) mass is 170 g/mol. The van der Waals surface area contributed by atoms with E-state index < -0.39 is 4.92 Å². The summed E-state index contributed by atoms with van der Waals surface area (Å²) in [5, 5.41) is 10.3. The summed E-state index contributed by atoms with van der Waals surface area (Å²) in [4.78, 5) is 10.2. The molecule has 0 radical (unpaired) electrons.